The third kappa shape index (κ3) is 3.51. The lowest BCUT2D eigenvalue weighted by molar-refractivity contribution is -0.173. The van der Waals surface area contributed by atoms with E-state index >= 15 is 0 Å². The quantitative estimate of drug-likeness (QED) is 0.644. The molecule has 3 heterocycles. The Balaban J connectivity index is 1.64. The summed E-state index contributed by atoms with van der Waals surface area (Å²) in [5, 5.41) is 0. The number of primary amides is 1. The minimum Gasteiger partial charge on any atom is -0.496 e. The Bertz CT molecular complexity index is 1090. The third-order valence-electron chi connectivity index (χ3n) is 8.97. The first kappa shape index (κ1) is 23.2. The first-order valence-corrected chi connectivity index (χ1v) is 12.7. The fourth-order valence-electron chi connectivity index (χ4n) is 7.33. The van der Waals surface area contributed by atoms with Crippen molar-refractivity contribution in [2.45, 2.75) is 59.0 Å². The second-order valence-corrected chi connectivity index (χ2v) is 11.3. The summed E-state index contributed by atoms with van der Waals surface area (Å²) in [5.41, 5.74) is 12.0. The Morgan fingerprint density at radius 3 is 2.29 bits per heavy atom. The van der Waals surface area contributed by atoms with Crippen LogP contribution >= 0.6 is 0 Å². The lowest BCUT2D eigenvalue weighted by Gasteiger charge is -2.59. The summed E-state index contributed by atoms with van der Waals surface area (Å²) in [6.07, 6.45) is 3.60. The van der Waals surface area contributed by atoms with Crippen LogP contribution in [0.1, 0.15) is 55.4 Å². The molecule has 1 amide bonds. The number of hydrogen-bond donors (Lipinski definition) is 1. The van der Waals surface area contributed by atoms with E-state index < -0.39 is 11.7 Å². The number of fused-ring (bicyclic) bond motifs is 4. The van der Waals surface area contributed by atoms with Crippen molar-refractivity contribution in [3.8, 4) is 16.9 Å². The third-order valence-corrected chi connectivity index (χ3v) is 8.97. The highest BCUT2D eigenvalue weighted by Crippen LogP contribution is 2.59. The van der Waals surface area contributed by atoms with Gasteiger partial charge in [-0.15, -0.1) is 0 Å². The molecule has 34 heavy (non-hydrogen) atoms. The van der Waals surface area contributed by atoms with Crippen molar-refractivity contribution in [3.63, 3.8) is 0 Å². The molecule has 0 unspecified atom stereocenters. The summed E-state index contributed by atoms with van der Waals surface area (Å²) in [7, 11) is 1.72. The minimum absolute atomic E-state index is 0.201. The van der Waals surface area contributed by atoms with E-state index in [0.717, 1.165) is 54.9 Å². The molecule has 5 nitrogen and oxygen atoms in total. The molecule has 0 saturated carbocycles. The topological polar surface area (TPSA) is 64.8 Å². The number of hydrogen-bond acceptors (Lipinski definition) is 4. The molecule has 1 aliphatic carbocycles. The monoisotopic (exact) mass is 462 g/mol. The van der Waals surface area contributed by atoms with E-state index in [1.54, 1.807) is 7.11 Å². The molecule has 3 aliphatic heterocycles. The summed E-state index contributed by atoms with van der Waals surface area (Å²) in [6.45, 7) is 12.0. The molecule has 182 valence electrons. The van der Waals surface area contributed by atoms with E-state index in [4.69, 9.17) is 15.2 Å². The first-order chi connectivity index (χ1) is 16.2. The van der Waals surface area contributed by atoms with E-state index in [1.165, 1.54) is 29.5 Å². The van der Waals surface area contributed by atoms with Crippen LogP contribution in [-0.4, -0.2) is 37.7 Å². The van der Waals surface area contributed by atoms with E-state index in [9.17, 15) is 4.79 Å². The molecule has 0 spiro atoms. The summed E-state index contributed by atoms with van der Waals surface area (Å²) < 4.78 is 11.9. The Labute approximate surface area is 203 Å². The van der Waals surface area contributed by atoms with Gasteiger partial charge in [-0.1, -0.05) is 32.0 Å². The molecule has 2 atom stereocenters. The van der Waals surface area contributed by atoms with Crippen LogP contribution in [0.2, 0.25) is 0 Å². The fraction of sp³-hybridized carbons (Fsp3) is 0.552. The Hall–Kier alpha value is -2.53. The molecular formula is C29H38N2O3. The molecule has 0 aromatic heterocycles. The largest absolute Gasteiger partial charge is 0.496 e. The van der Waals surface area contributed by atoms with Gasteiger partial charge in [-0.3, -0.25) is 0 Å². The van der Waals surface area contributed by atoms with Crippen LogP contribution in [0.3, 0.4) is 0 Å². The van der Waals surface area contributed by atoms with E-state index in [-0.39, 0.29) is 11.3 Å². The molecule has 0 radical (unpaired) electrons. The number of methoxy groups -OCH3 is 1. The normalized spacial score (nSPS) is 29.4. The summed E-state index contributed by atoms with van der Waals surface area (Å²) in [5.74, 6) is 1.76. The summed E-state index contributed by atoms with van der Waals surface area (Å²) in [4.78, 5) is 15.0. The van der Waals surface area contributed by atoms with Gasteiger partial charge < -0.3 is 20.1 Å². The van der Waals surface area contributed by atoms with Gasteiger partial charge in [0.1, 0.15) is 11.4 Å². The number of benzene rings is 2. The van der Waals surface area contributed by atoms with Crippen molar-refractivity contribution in [2.75, 3.05) is 26.7 Å². The summed E-state index contributed by atoms with van der Waals surface area (Å²) in [6, 6.07) is 11.1. The number of aryl methyl sites for hydroxylation is 3. The molecule has 6 rings (SSSR count). The van der Waals surface area contributed by atoms with Gasteiger partial charge in [-0.05, 0) is 104 Å². The molecule has 5 heteroatoms. The highest BCUT2D eigenvalue weighted by atomic mass is 16.6. The van der Waals surface area contributed by atoms with Crippen LogP contribution in [0.5, 0.6) is 5.75 Å². The van der Waals surface area contributed by atoms with Gasteiger partial charge in [0.15, 0.2) is 0 Å². The number of ether oxygens (including phenoxy) is 2. The average molecular weight is 463 g/mol. The van der Waals surface area contributed by atoms with Crippen molar-refractivity contribution in [3.05, 3.63) is 52.6 Å². The van der Waals surface area contributed by atoms with Gasteiger partial charge in [0.25, 0.3) is 0 Å². The van der Waals surface area contributed by atoms with Crippen LogP contribution in [0.25, 0.3) is 11.1 Å². The summed E-state index contributed by atoms with van der Waals surface area (Å²) >= 11 is 0. The van der Waals surface area contributed by atoms with Crippen LogP contribution in [0.15, 0.2) is 30.3 Å². The number of amides is 1. The zero-order valence-electron chi connectivity index (χ0n) is 21.2. The van der Waals surface area contributed by atoms with Gasteiger partial charge in [-0.25, -0.2) is 4.79 Å². The molecule has 2 aromatic rings. The van der Waals surface area contributed by atoms with Crippen molar-refractivity contribution < 1.29 is 14.3 Å². The minimum atomic E-state index is -0.708. The number of carbonyl (C=O) groups is 1. The number of carbonyl (C=O) groups excluding carboxylic acids is 1. The first-order valence-electron chi connectivity index (χ1n) is 12.7. The number of piperidine rings is 3. The SMILES string of the molecule is COc1c(C)cc(-c2ccc3c(c2)CCC(C)(C)[C@]3(OC(N)=O)[C@@H]2CN3CCC2CC3)cc1C. The van der Waals surface area contributed by atoms with Gasteiger partial charge in [0.2, 0.25) is 0 Å². The lowest BCUT2D eigenvalue weighted by Crippen LogP contribution is -2.62. The van der Waals surface area contributed by atoms with Gasteiger partial charge in [0.05, 0.1) is 7.11 Å². The van der Waals surface area contributed by atoms with Crippen LogP contribution in [0.4, 0.5) is 4.79 Å². The zero-order valence-corrected chi connectivity index (χ0v) is 21.2. The maximum absolute atomic E-state index is 12.4. The maximum Gasteiger partial charge on any atom is 0.405 e. The van der Waals surface area contributed by atoms with Crippen molar-refractivity contribution in [2.24, 2.45) is 23.0 Å². The Kier molecular flexibility index (Phi) is 5.67. The smallest absolute Gasteiger partial charge is 0.405 e. The van der Waals surface area contributed by atoms with E-state index in [2.05, 4.69) is 62.9 Å². The predicted octanol–water partition coefficient (Wildman–Crippen LogP) is 5.58. The Morgan fingerprint density at radius 1 is 1.06 bits per heavy atom. The molecule has 2 aromatic carbocycles. The second kappa shape index (κ2) is 8.30. The fourth-order valence-corrected chi connectivity index (χ4v) is 7.33. The highest BCUT2D eigenvalue weighted by Gasteiger charge is 2.60. The molecule has 2 bridgehead atoms. The van der Waals surface area contributed by atoms with Crippen molar-refractivity contribution in [1.82, 2.24) is 4.90 Å². The highest BCUT2D eigenvalue weighted by molar-refractivity contribution is 5.70. The molecule has 2 N–H and O–H groups in total. The number of nitrogens with zero attached hydrogens (tertiary/aromatic N) is 1. The van der Waals surface area contributed by atoms with Crippen molar-refractivity contribution >= 4 is 6.09 Å². The number of rotatable bonds is 4. The maximum atomic E-state index is 12.4. The van der Waals surface area contributed by atoms with Crippen LogP contribution < -0.4 is 10.5 Å². The lowest BCUT2D eigenvalue weighted by atomic mass is 9.53. The van der Waals surface area contributed by atoms with E-state index in [1.807, 2.05) is 0 Å². The van der Waals surface area contributed by atoms with Crippen LogP contribution in [-0.2, 0) is 16.8 Å². The number of nitrogens with two attached hydrogens (primary N) is 1. The van der Waals surface area contributed by atoms with Gasteiger partial charge in [-0.2, -0.15) is 0 Å². The molecule has 3 saturated heterocycles. The molecular weight excluding hydrogens is 424 g/mol. The van der Waals surface area contributed by atoms with Crippen LogP contribution in [0, 0.1) is 31.1 Å². The average Bonchev–Trinajstić information content (AvgIpc) is 2.81. The van der Waals surface area contributed by atoms with Gasteiger partial charge in [0, 0.05) is 17.9 Å². The zero-order chi connectivity index (χ0) is 24.3. The predicted molar refractivity (Wildman–Crippen MR) is 135 cm³/mol. The molecule has 4 aliphatic rings. The standard InChI is InChI=1S/C29H38N2O3/c1-18-14-23(15-19(2)26(18)33-5)21-6-7-24-22(16-21)8-11-28(3,4)29(24,34-27(30)32)25-17-31-12-9-20(25)10-13-31/h6-7,14-16,20,25H,8-13,17H2,1-5H3,(H2,30,32)/t25-,29-/m1/s1. The van der Waals surface area contributed by atoms with Gasteiger partial charge >= 0.3 is 6.09 Å². The Morgan fingerprint density at radius 2 is 1.74 bits per heavy atom. The second-order valence-electron chi connectivity index (χ2n) is 11.3. The van der Waals surface area contributed by atoms with E-state index in [0.29, 0.717) is 5.92 Å². The molecule has 3 fully saturated rings. The van der Waals surface area contributed by atoms with Crippen molar-refractivity contribution in [1.29, 1.82) is 0 Å².